The van der Waals surface area contributed by atoms with E-state index in [1.165, 1.54) is 12.8 Å². The van der Waals surface area contributed by atoms with Gasteiger partial charge in [-0.25, -0.2) is 4.79 Å². The molecule has 0 saturated carbocycles. The van der Waals surface area contributed by atoms with E-state index in [-0.39, 0.29) is 5.91 Å². The molecule has 0 bridgehead atoms. The summed E-state index contributed by atoms with van der Waals surface area (Å²) < 4.78 is 0. The van der Waals surface area contributed by atoms with E-state index in [0.717, 1.165) is 51.0 Å². The molecule has 5 heteroatoms. The van der Waals surface area contributed by atoms with Gasteiger partial charge < -0.3 is 14.9 Å². The summed E-state index contributed by atoms with van der Waals surface area (Å²) in [5, 5.41) is 9.03. The number of rotatable bonds is 5. The fourth-order valence-corrected chi connectivity index (χ4v) is 4.21. The number of carboxylic acids is 1. The molecule has 1 atom stereocenters. The van der Waals surface area contributed by atoms with Crippen LogP contribution in [0.2, 0.25) is 0 Å². The number of nitrogens with zero attached hydrogens (tertiary/aromatic N) is 2. The van der Waals surface area contributed by atoms with E-state index >= 15 is 0 Å². The molecule has 0 unspecified atom stereocenters. The first-order valence-corrected chi connectivity index (χ1v) is 9.82. The van der Waals surface area contributed by atoms with E-state index in [4.69, 9.17) is 5.11 Å². The lowest BCUT2D eigenvalue weighted by molar-refractivity contribution is -0.132. The summed E-state index contributed by atoms with van der Waals surface area (Å²) >= 11 is 0. The van der Waals surface area contributed by atoms with E-state index in [0.29, 0.717) is 23.8 Å². The molecule has 0 radical (unpaired) electrons. The van der Waals surface area contributed by atoms with Crippen molar-refractivity contribution in [3.05, 3.63) is 35.4 Å². The minimum atomic E-state index is -0.897. The van der Waals surface area contributed by atoms with Crippen LogP contribution in [0.5, 0.6) is 0 Å². The lowest BCUT2D eigenvalue weighted by atomic mass is 9.89. The van der Waals surface area contributed by atoms with Gasteiger partial charge in [-0.15, -0.1) is 0 Å². The van der Waals surface area contributed by atoms with E-state index < -0.39 is 5.97 Å². The number of carbonyl (C=O) groups is 2. The minimum Gasteiger partial charge on any atom is -0.478 e. The molecule has 0 aliphatic carbocycles. The largest absolute Gasteiger partial charge is 0.478 e. The van der Waals surface area contributed by atoms with Crippen LogP contribution in [0.15, 0.2) is 24.3 Å². The maximum atomic E-state index is 12.7. The predicted molar refractivity (Wildman–Crippen MR) is 101 cm³/mol. The van der Waals surface area contributed by atoms with Gasteiger partial charge in [0, 0.05) is 25.4 Å². The smallest absolute Gasteiger partial charge is 0.335 e. The number of amides is 1. The number of likely N-dealkylation sites (tertiary alicyclic amines) is 2. The molecule has 2 heterocycles. The van der Waals surface area contributed by atoms with Gasteiger partial charge in [-0.3, -0.25) is 4.79 Å². The van der Waals surface area contributed by atoms with Gasteiger partial charge in [0.2, 0.25) is 5.91 Å². The Hall–Kier alpha value is -1.88. The normalized spacial score (nSPS) is 22.3. The Morgan fingerprint density at radius 1 is 1.08 bits per heavy atom. The highest BCUT2D eigenvalue weighted by Crippen LogP contribution is 2.28. The van der Waals surface area contributed by atoms with Crippen LogP contribution >= 0.6 is 0 Å². The predicted octanol–water partition coefficient (Wildman–Crippen LogP) is 3.21. The number of hydrogen-bond donors (Lipinski definition) is 1. The van der Waals surface area contributed by atoms with Crippen LogP contribution in [-0.4, -0.2) is 60.0 Å². The average Bonchev–Trinajstić information content (AvgIpc) is 2.67. The third-order valence-corrected chi connectivity index (χ3v) is 6.01. The standard InChI is InChI=1S/C21H30N2O3/c1-22-13-10-16(11-14-22)4-9-20(24)23-12-2-3-19(15-23)17-5-7-18(8-6-17)21(25)26/h5-8,16,19H,2-4,9-15H2,1H3,(H,25,26)/t19-/m1/s1. The van der Waals surface area contributed by atoms with E-state index in [2.05, 4.69) is 11.9 Å². The van der Waals surface area contributed by atoms with Gasteiger partial charge in [-0.2, -0.15) is 0 Å². The molecule has 1 N–H and O–H groups in total. The molecule has 0 spiro atoms. The zero-order chi connectivity index (χ0) is 18.5. The Kier molecular flexibility index (Phi) is 6.30. The SMILES string of the molecule is CN1CCC(CCC(=O)N2CCC[C@@H](c3ccc(C(=O)O)cc3)C2)CC1. The molecule has 2 aliphatic heterocycles. The Morgan fingerprint density at radius 3 is 2.42 bits per heavy atom. The van der Waals surface area contributed by atoms with E-state index in [9.17, 15) is 9.59 Å². The fraction of sp³-hybridized carbons (Fsp3) is 0.619. The van der Waals surface area contributed by atoms with Crippen molar-refractivity contribution < 1.29 is 14.7 Å². The van der Waals surface area contributed by atoms with Crippen molar-refractivity contribution in [3.63, 3.8) is 0 Å². The lowest BCUT2D eigenvalue weighted by Gasteiger charge is -2.34. The van der Waals surface area contributed by atoms with Gasteiger partial charge in [0.25, 0.3) is 0 Å². The summed E-state index contributed by atoms with van der Waals surface area (Å²) in [6.07, 6.45) is 6.18. The molecule has 0 aromatic heterocycles. The molecule has 3 rings (SSSR count). The Balaban J connectivity index is 1.51. The topological polar surface area (TPSA) is 60.9 Å². The second kappa shape index (κ2) is 8.67. The molecular formula is C21H30N2O3. The zero-order valence-corrected chi connectivity index (χ0v) is 15.7. The molecule has 2 aliphatic rings. The number of carbonyl (C=O) groups excluding carboxylic acids is 1. The first kappa shape index (κ1) is 18.9. The van der Waals surface area contributed by atoms with Crippen molar-refractivity contribution in [3.8, 4) is 0 Å². The summed E-state index contributed by atoms with van der Waals surface area (Å²) in [7, 11) is 2.16. The number of aromatic carboxylic acids is 1. The van der Waals surface area contributed by atoms with Gasteiger partial charge in [0.15, 0.2) is 0 Å². The molecule has 2 fully saturated rings. The van der Waals surface area contributed by atoms with E-state index in [1.54, 1.807) is 12.1 Å². The van der Waals surface area contributed by atoms with Crippen molar-refractivity contribution in [1.29, 1.82) is 0 Å². The van der Waals surface area contributed by atoms with Crippen LogP contribution in [0, 0.1) is 5.92 Å². The highest BCUT2D eigenvalue weighted by molar-refractivity contribution is 5.87. The van der Waals surface area contributed by atoms with Gasteiger partial charge in [-0.1, -0.05) is 12.1 Å². The van der Waals surface area contributed by atoms with Crippen molar-refractivity contribution in [2.45, 2.75) is 44.4 Å². The lowest BCUT2D eigenvalue weighted by Crippen LogP contribution is -2.39. The van der Waals surface area contributed by atoms with E-state index in [1.807, 2.05) is 17.0 Å². The second-order valence-electron chi connectivity index (χ2n) is 7.89. The first-order valence-electron chi connectivity index (χ1n) is 9.82. The quantitative estimate of drug-likeness (QED) is 0.878. The van der Waals surface area contributed by atoms with Crippen LogP contribution in [0.4, 0.5) is 0 Å². The van der Waals surface area contributed by atoms with Crippen molar-refractivity contribution >= 4 is 11.9 Å². The van der Waals surface area contributed by atoms with Crippen molar-refractivity contribution in [2.75, 3.05) is 33.2 Å². The number of piperidine rings is 2. The highest BCUT2D eigenvalue weighted by atomic mass is 16.4. The molecule has 142 valence electrons. The Labute approximate surface area is 156 Å². The van der Waals surface area contributed by atoms with Crippen molar-refractivity contribution in [2.24, 2.45) is 5.92 Å². The van der Waals surface area contributed by atoms with Crippen LogP contribution in [0.3, 0.4) is 0 Å². The van der Waals surface area contributed by atoms with Crippen LogP contribution in [0.25, 0.3) is 0 Å². The van der Waals surface area contributed by atoms with Crippen LogP contribution < -0.4 is 0 Å². The summed E-state index contributed by atoms with van der Waals surface area (Å²) in [6.45, 7) is 3.92. The molecule has 1 aromatic rings. The maximum Gasteiger partial charge on any atom is 0.335 e. The van der Waals surface area contributed by atoms with Crippen molar-refractivity contribution in [1.82, 2.24) is 9.80 Å². The molecule has 2 saturated heterocycles. The van der Waals surface area contributed by atoms with Crippen LogP contribution in [-0.2, 0) is 4.79 Å². The fourth-order valence-electron chi connectivity index (χ4n) is 4.21. The minimum absolute atomic E-state index is 0.288. The Bertz CT molecular complexity index is 621. The summed E-state index contributed by atoms with van der Waals surface area (Å²) in [4.78, 5) is 28.0. The molecule has 1 amide bonds. The number of carboxylic acid groups (broad SMARTS) is 1. The van der Waals surface area contributed by atoms with Crippen LogP contribution in [0.1, 0.15) is 60.4 Å². The summed E-state index contributed by atoms with van der Waals surface area (Å²) in [5.41, 5.74) is 1.46. The average molecular weight is 358 g/mol. The molecule has 26 heavy (non-hydrogen) atoms. The zero-order valence-electron chi connectivity index (χ0n) is 15.7. The number of hydrogen-bond acceptors (Lipinski definition) is 3. The van der Waals surface area contributed by atoms with Gasteiger partial charge in [0.1, 0.15) is 0 Å². The van der Waals surface area contributed by atoms with Gasteiger partial charge in [0.05, 0.1) is 5.56 Å². The second-order valence-corrected chi connectivity index (χ2v) is 7.89. The third-order valence-electron chi connectivity index (χ3n) is 6.01. The molecular weight excluding hydrogens is 328 g/mol. The molecule has 5 nitrogen and oxygen atoms in total. The first-order chi connectivity index (χ1) is 12.5. The summed E-state index contributed by atoms with van der Waals surface area (Å²) in [5.74, 6) is 0.403. The highest BCUT2D eigenvalue weighted by Gasteiger charge is 2.26. The van der Waals surface area contributed by atoms with Gasteiger partial charge in [-0.05, 0) is 75.9 Å². The Morgan fingerprint density at radius 2 is 1.77 bits per heavy atom. The van der Waals surface area contributed by atoms with Gasteiger partial charge >= 0.3 is 5.97 Å². The monoisotopic (exact) mass is 358 g/mol. The molecule has 1 aromatic carbocycles. The number of benzene rings is 1. The third kappa shape index (κ3) is 4.85. The summed E-state index contributed by atoms with van der Waals surface area (Å²) in [6, 6.07) is 7.14. The maximum absolute atomic E-state index is 12.7.